The molecule has 0 N–H and O–H groups in total. The van der Waals surface area contributed by atoms with Crippen LogP contribution >= 0.6 is 15.9 Å². The highest BCUT2D eigenvalue weighted by atomic mass is 79.9. The minimum atomic E-state index is 0.858. The number of pyridine rings is 1. The van der Waals surface area contributed by atoms with E-state index in [2.05, 4.69) is 35.6 Å². The van der Waals surface area contributed by atoms with Crippen LogP contribution in [0.1, 0.15) is 6.42 Å². The second-order valence-electron chi connectivity index (χ2n) is 4.91. The third kappa shape index (κ3) is 4.63. The van der Waals surface area contributed by atoms with Gasteiger partial charge in [-0.15, -0.1) is 0 Å². The zero-order valence-electron chi connectivity index (χ0n) is 12.4. The van der Waals surface area contributed by atoms with Crippen LogP contribution in [0.2, 0.25) is 0 Å². The number of alkyl halides is 1. The van der Waals surface area contributed by atoms with E-state index in [9.17, 15) is 0 Å². The van der Waals surface area contributed by atoms with Gasteiger partial charge in [0.1, 0.15) is 5.69 Å². The van der Waals surface area contributed by atoms with Crippen molar-refractivity contribution in [3.63, 3.8) is 0 Å². The zero-order chi connectivity index (χ0) is 15.1. The number of nitrogens with zero attached hydrogens (tertiary/aromatic N) is 4. The summed E-state index contributed by atoms with van der Waals surface area (Å²) in [5, 5.41) is 9.67. The summed E-state index contributed by atoms with van der Waals surface area (Å²) >= 11 is 3.45. The Hall–Kier alpha value is -1.75. The molecule has 0 fully saturated rings. The molecule has 1 aromatic heterocycles. The normalized spacial score (nSPS) is 11.0. The predicted octanol–water partition coefficient (Wildman–Crippen LogP) is 4.24. The number of aryl methyl sites for hydroxylation is 1. The lowest BCUT2D eigenvalue weighted by molar-refractivity contribution is -0.684. The van der Waals surface area contributed by atoms with Crippen LogP contribution in [0, 0.1) is 0 Å². The van der Waals surface area contributed by atoms with Gasteiger partial charge in [0.05, 0.1) is 17.9 Å². The van der Waals surface area contributed by atoms with Gasteiger partial charge < -0.3 is 4.90 Å². The Balaban J connectivity index is 2.13. The number of rotatable bonds is 6. The maximum atomic E-state index is 4.36. The first-order chi connectivity index (χ1) is 10.2. The molecule has 110 valence electrons. The summed E-state index contributed by atoms with van der Waals surface area (Å²) in [6.07, 6.45) is 3.10. The lowest BCUT2D eigenvalue weighted by Gasteiger charge is -2.11. The molecule has 0 aliphatic heterocycles. The summed E-state index contributed by atoms with van der Waals surface area (Å²) in [5.41, 5.74) is 2.01. The highest BCUT2D eigenvalue weighted by Gasteiger charge is 2.08. The van der Waals surface area contributed by atoms with Gasteiger partial charge in [0.15, 0.2) is 0 Å². The summed E-state index contributed by atoms with van der Waals surface area (Å²) in [7, 11) is 4.04. The average Bonchev–Trinajstić information content (AvgIpc) is 2.52. The van der Waals surface area contributed by atoms with E-state index >= 15 is 0 Å². The first-order valence-corrected chi connectivity index (χ1v) is 8.06. The predicted molar refractivity (Wildman–Crippen MR) is 90.0 cm³/mol. The molecule has 0 bridgehead atoms. The van der Waals surface area contributed by atoms with Crippen LogP contribution in [0.4, 0.5) is 17.2 Å². The first kappa shape index (κ1) is 15.6. The molecule has 0 spiro atoms. The highest BCUT2D eigenvalue weighted by molar-refractivity contribution is 9.09. The van der Waals surface area contributed by atoms with Crippen LogP contribution in [0.3, 0.4) is 0 Å². The van der Waals surface area contributed by atoms with Gasteiger partial charge in [0.25, 0.3) is 0 Å². The Morgan fingerprint density at radius 2 is 1.81 bits per heavy atom. The lowest BCUT2D eigenvalue weighted by atomic mass is 10.3. The van der Waals surface area contributed by atoms with Crippen LogP contribution in [0.15, 0.2) is 58.9 Å². The lowest BCUT2D eigenvalue weighted by Crippen LogP contribution is -2.33. The summed E-state index contributed by atoms with van der Waals surface area (Å²) in [4.78, 5) is 2.06. The van der Waals surface area contributed by atoms with Gasteiger partial charge in [-0.2, -0.15) is 0 Å². The van der Waals surface area contributed by atoms with Gasteiger partial charge in [-0.05, 0) is 41.9 Å². The van der Waals surface area contributed by atoms with Crippen molar-refractivity contribution in [2.45, 2.75) is 13.0 Å². The van der Waals surface area contributed by atoms with Crippen LogP contribution < -0.4 is 9.47 Å². The Labute approximate surface area is 134 Å². The summed E-state index contributed by atoms with van der Waals surface area (Å²) in [6, 6.07) is 14.0. The second-order valence-corrected chi connectivity index (χ2v) is 5.70. The standard InChI is InChI=1S/C16H20BrN4/c1-20(2)15-9-7-14(8-10-15)18-19-16-6-3-4-12-21(16)13-5-11-17/h3-4,6-10,12H,5,11,13H2,1-2H3/q+1. The van der Waals surface area contributed by atoms with E-state index in [-0.39, 0.29) is 0 Å². The molecule has 0 radical (unpaired) electrons. The van der Waals surface area contributed by atoms with Crippen molar-refractivity contribution >= 4 is 33.1 Å². The molecule has 0 saturated heterocycles. The number of anilines is 1. The van der Waals surface area contributed by atoms with Crippen molar-refractivity contribution in [3.05, 3.63) is 48.7 Å². The third-order valence-electron chi connectivity index (χ3n) is 3.08. The van der Waals surface area contributed by atoms with E-state index in [1.807, 2.05) is 62.8 Å². The Morgan fingerprint density at radius 1 is 1.05 bits per heavy atom. The molecule has 21 heavy (non-hydrogen) atoms. The SMILES string of the molecule is CN(C)c1ccc(N=Nc2cccc[n+]2CCCBr)cc1. The third-order valence-corrected chi connectivity index (χ3v) is 3.64. The molecule has 0 unspecified atom stereocenters. The van der Waals surface area contributed by atoms with Crippen molar-refractivity contribution in [3.8, 4) is 0 Å². The number of hydrogen-bond acceptors (Lipinski definition) is 3. The zero-order valence-corrected chi connectivity index (χ0v) is 14.0. The van der Waals surface area contributed by atoms with Crippen LogP contribution in [0.25, 0.3) is 0 Å². The van der Waals surface area contributed by atoms with E-state index in [4.69, 9.17) is 0 Å². The quantitative estimate of drug-likeness (QED) is 0.436. The van der Waals surface area contributed by atoms with Crippen LogP contribution in [0.5, 0.6) is 0 Å². The van der Waals surface area contributed by atoms with E-state index in [0.29, 0.717) is 0 Å². The number of benzene rings is 1. The number of hydrogen-bond donors (Lipinski definition) is 0. The molecule has 0 aliphatic rings. The summed E-state index contributed by atoms with van der Waals surface area (Å²) in [5.74, 6) is 0.870. The van der Waals surface area contributed by atoms with E-state index < -0.39 is 0 Å². The number of azo groups is 1. The monoisotopic (exact) mass is 347 g/mol. The van der Waals surface area contributed by atoms with E-state index in [1.165, 1.54) is 0 Å². The topological polar surface area (TPSA) is 31.8 Å². The van der Waals surface area contributed by atoms with Gasteiger partial charge in [-0.1, -0.05) is 22.0 Å². The molecular formula is C16H20BrN4+. The second kappa shape index (κ2) is 7.88. The number of aromatic nitrogens is 1. The van der Waals surface area contributed by atoms with E-state index in [1.54, 1.807) is 0 Å². The largest absolute Gasteiger partial charge is 0.378 e. The fourth-order valence-corrected chi connectivity index (χ4v) is 2.15. The first-order valence-electron chi connectivity index (χ1n) is 6.94. The molecule has 4 nitrogen and oxygen atoms in total. The van der Waals surface area contributed by atoms with E-state index in [0.717, 1.165) is 35.5 Å². The summed E-state index contributed by atoms with van der Waals surface area (Å²) in [6.45, 7) is 0.931. The molecule has 1 aromatic carbocycles. The van der Waals surface area contributed by atoms with Crippen LogP contribution in [-0.2, 0) is 6.54 Å². The maximum absolute atomic E-state index is 4.36. The Kier molecular flexibility index (Phi) is 5.87. The van der Waals surface area contributed by atoms with Crippen molar-refractivity contribution in [1.82, 2.24) is 0 Å². The van der Waals surface area contributed by atoms with Gasteiger partial charge in [-0.25, -0.2) is 4.57 Å². The molecule has 0 atom stereocenters. The smallest absolute Gasteiger partial charge is 0.350 e. The van der Waals surface area contributed by atoms with Gasteiger partial charge in [-0.3, -0.25) is 0 Å². The molecule has 2 aromatic rings. The highest BCUT2D eigenvalue weighted by Crippen LogP contribution is 2.19. The van der Waals surface area contributed by atoms with Gasteiger partial charge >= 0.3 is 5.82 Å². The van der Waals surface area contributed by atoms with Gasteiger partial charge in [0, 0.05) is 31.2 Å². The molecule has 2 rings (SSSR count). The Morgan fingerprint density at radius 3 is 2.48 bits per heavy atom. The van der Waals surface area contributed by atoms with Crippen molar-refractivity contribution in [2.24, 2.45) is 10.2 Å². The fourth-order valence-electron chi connectivity index (χ4n) is 1.90. The number of halogens is 1. The fraction of sp³-hybridized carbons (Fsp3) is 0.312. The average molecular weight is 348 g/mol. The van der Waals surface area contributed by atoms with Crippen molar-refractivity contribution in [2.75, 3.05) is 24.3 Å². The molecule has 0 amide bonds. The molecular weight excluding hydrogens is 328 g/mol. The molecule has 0 aliphatic carbocycles. The molecule has 1 heterocycles. The van der Waals surface area contributed by atoms with Crippen molar-refractivity contribution in [1.29, 1.82) is 0 Å². The van der Waals surface area contributed by atoms with Crippen molar-refractivity contribution < 1.29 is 4.57 Å². The maximum Gasteiger partial charge on any atom is 0.350 e. The molecule has 0 saturated carbocycles. The summed E-state index contributed by atoms with van der Waals surface area (Å²) < 4.78 is 2.11. The minimum Gasteiger partial charge on any atom is -0.378 e. The molecule has 5 heteroatoms. The van der Waals surface area contributed by atoms with Gasteiger partial charge in [0.2, 0.25) is 0 Å². The van der Waals surface area contributed by atoms with Crippen LogP contribution in [-0.4, -0.2) is 19.4 Å². The Bertz CT molecular complexity index is 593. The minimum absolute atomic E-state index is 0.858.